The van der Waals surface area contributed by atoms with E-state index in [4.69, 9.17) is 17.4 Å². The van der Waals surface area contributed by atoms with Gasteiger partial charge in [0.05, 0.1) is 17.9 Å². The first-order chi connectivity index (χ1) is 17.3. The number of fused-ring (bicyclic) bond motifs is 2. The molecule has 1 aromatic carbocycles. The van der Waals surface area contributed by atoms with E-state index in [1.165, 1.54) is 15.6 Å². The molecular weight excluding hydrogens is 498 g/mol. The second-order valence-electron chi connectivity index (χ2n) is 8.87. The van der Waals surface area contributed by atoms with Crippen molar-refractivity contribution in [1.29, 1.82) is 5.26 Å². The molecule has 0 saturated carbocycles. The molecule has 0 radical (unpaired) electrons. The van der Waals surface area contributed by atoms with Gasteiger partial charge in [-0.2, -0.15) is 9.57 Å². The summed E-state index contributed by atoms with van der Waals surface area (Å²) < 4.78 is 28.4. The van der Waals surface area contributed by atoms with Gasteiger partial charge in [0, 0.05) is 66.4 Å². The molecule has 5 rings (SSSR count). The van der Waals surface area contributed by atoms with Gasteiger partial charge < -0.3 is 15.6 Å². The quantitative estimate of drug-likeness (QED) is 0.428. The molecule has 4 N–H and O–H groups in total. The average Bonchev–Trinajstić information content (AvgIpc) is 3.50. The monoisotopic (exact) mass is 523 g/mol. The van der Waals surface area contributed by atoms with Gasteiger partial charge in [0.1, 0.15) is 5.03 Å². The van der Waals surface area contributed by atoms with Crippen LogP contribution in [-0.4, -0.2) is 65.3 Å². The number of sulfonamides is 1. The maximum absolute atomic E-state index is 13.5. The Hall–Kier alpha value is -3.26. The number of thiazole rings is 1. The molecule has 10 nitrogen and oxygen atoms in total. The topological polar surface area (TPSA) is 148 Å². The highest BCUT2D eigenvalue weighted by atomic mass is 32.2. The Morgan fingerprint density at radius 2 is 2.17 bits per heavy atom. The van der Waals surface area contributed by atoms with Gasteiger partial charge in [-0.15, -0.1) is 17.8 Å². The Bertz CT molecular complexity index is 1510. The van der Waals surface area contributed by atoms with E-state index < -0.39 is 16.1 Å². The van der Waals surface area contributed by atoms with E-state index in [1.807, 2.05) is 0 Å². The second-order valence-corrected chi connectivity index (χ2v) is 11.9. The fraction of sp³-hybridized carbons (Fsp3) is 0.375. The van der Waals surface area contributed by atoms with Crippen LogP contribution in [0.3, 0.4) is 0 Å². The minimum absolute atomic E-state index is 0.0712. The van der Waals surface area contributed by atoms with Gasteiger partial charge in [-0.25, -0.2) is 13.4 Å². The van der Waals surface area contributed by atoms with Crippen LogP contribution in [0.15, 0.2) is 29.3 Å². The van der Waals surface area contributed by atoms with Crippen molar-refractivity contribution in [3.8, 4) is 18.4 Å². The largest absolute Gasteiger partial charge is 0.345 e. The van der Waals surface area contributed by atoms with Crippen LogP contribution in [0.1, 0.15) is 38.8 Å². The first-order valence-electron chi connectivity index (χ1n) is 11.5. The highest BCUT2D eigenvalue weighted by Crippen LogP contribution is 2.28. The van der Waals surface area contributed by atoms with Gasteiger partial charge >= 0.3 is 0 Å². The lowest BCUT2D eigenvalue weighted by atomic mass is 10.1. The molecule has 186 valence electrons. The van der Waals surface area contributed by atoms with E-state index in [0.29, 0.717) is 40.9 Å². The summed E-state index contributed by atoms with van der Waals surface area (Å²) in [5, 5.41) is 13.5. The number of rotatable bonds is 5. The first-order valence-corrected chi connectivity index (χ1v) is 13.8. The number of aromatic amines is 1. The number of nitrogens with two attached hydrogens (primary N) is 1. The highest BCUT2D eigenvalue weighted by Gasteiger charge is 2.38. The smallest absolute Gasteiger partial charge is 0.283 e. The first kappa shape index (κ1) is 24.4. The van der Waals surface area contributed by atoms with Crippen LogP contribution in [0.4, 0.5) is 0 Å². The number of hydrogen-bond acceptors (Lipinski definition) is 8. The summed E-state index contributed by atoms with van der Waals surface area (Å²) in [4.78, 5) is 23.6. The number of nitrogens with zero attached hydrogens (tertiary/aromatic N) is 4. The van der Waals surface area contributed by atoms with Crippen LogP contribution < -0.4 is 11.1 Å². The zero-order valence-corrected chi connectivity index (χ0v) is 21.0. The summed E-state index contributed by atoms with van der Waals surface area (Å²) in [6, 6.07) is 8.50. The zero-order valence-electron chi connectivity index (χ0n) is 19.4. The highest BCUT2D eigenvalue weighted by molar-refractivity contribution is 7.89. The summed E-state index contributed by atoms with van der Waals surface area (Å²) >= 11 is 1.34. The molecule has 2 atom stereocenters. The molecule has 2 aromatic heterocycles. The number of carbonyl (C=O) groups is 1. The SMILES string of the molecule is C#Cc1ccc2[nH]c(S(=O)(=O)N3CCN(C(=O)c4nc5c(s4)CNC(N)C5)C(CCC#N)C3)cc2c1. The molecule has 3 aromatic rings. The number of piperazine rings is 1. The molecule has 1 fully saturated rings. The number of carbonyl (C=O) groups excluding carboxylic acids is 1. The van der Waals surface area contributed by atoms with Crippen LogP contribution in [0, 0.1) is 23.7 Å². The maximum Gasteiger partial charge on any atom is 0.283 e. The number of nitrogens with one attached hydrogen (secondary N) is 2. The van der Waals surface area contributed by atoms with Crippen molar-refractivity contribution >= 4 is 38.2 Å². The fourth-order valence-corrected chi connectivity index (χ4v) is 7.14. The van der Waals surface area contributed by atoms with Gasteiger partial charge in [0.2, 0.25) is 0 Å². The zero-order chi connectivity index (χ0) is 25.4. The molecule has 4 heterocycles. The van der Waals surface area contributed by atoms with Crippen molar-refractivity contribution in [2.45, 2.75) is 43.0 Å². The van der Waals surface area contributed by atoms with Crippen molar-refractivity contribution in [1.82, 2.24) is 24.5 Å². The van der Waals surface area contributed by atoms with Crippen LogP contribution in [0.25, 0.3) is 10.9 Å². The Kier molecular flexibility index (Phi) is 6.55. The minimum Gasteiger partial charge on any atom is -0.345 e. The molecule has 2 aliphatic heterocycles. The Morgan fingerprint density at radius 1 is 1.33 bits per heavy atom. The van der Waals surface area contributed by atoms with E-state index in [9.17, 15) is 13.2 Å². The predicted molar refractivity (Wildman–Crippen MR) is 135 cm³/mol. The van der Waals surface area contributed by atoms with Crippen LogP contribution in [0.2, 0.25) is 0 Å². The lowest BCUT2D eigenvalue weighted by molar-refractivity contribution is 0.0552. The molecule has 0 spiro atoms. The third-order valence-corrected chi connectivity index (χ3v) is 9.45. The summed E-state index contributed by atoms with van der Waals surface area (Å²) in [5.74, 6) is 2.31. The third-order valence-electron chi connectivity index (χ3n) is 6.58. The molecule has 1 amide bonds. The van der Waals surface area contributed by atoms with E-state index >= 15 is 0 Å². The van der Waals surface area contributed by atoms with Gasteiger partial charge in [-0.3, -0.25) is 10.1 Å². The normalized spacial score (nSPS) is 20.6. The lowest BCUT2D eigenvalue weighted by Gasteiger charge is -2.40. The summed E-state index contributed by atoms with van der Waals surface area (Å²) in [7, 11) is -3.85. The maximum atomic E-state index is 13.5. The molecule has 36 heavy (non-hydrogen) atoms. The molecule has 1 saturated heterocycles. The minimum atomic E-state index is -3.85. The Morgan fingerprint density at radius 3 is 2.94 bits per heavy atom. The van der Waals surface area contributed by atoms with Crippen LogP contribution in [0.5, 0.6) is 0 Å². The van der Waals surface area contributed by atoms with E-state index in [1.54, 1.807) is 29.2 Å². The summed E-state index contributed by atoms with van der Waals surface area (Å²) in [6.45, 7) is 1.01. The fourth-order valence-electron chi connectivity index (χ4n) is 4.66. The van der Waals surface area contributed by atoms with Crippen molar-refractivity contribution in [3.63, 3.8) is 0 Å². The second kappa shape index (κ2) is 9.65. The lowest BCUT2D eigenvalue weighted by Crippen LogP contribution is -2.56. The van der Waals surface area contributed by atoms with Gasteiger partial charge in [0.15, 0.2) is 5.01 Å². The van der Waals surface area contributed by atoms with E-state index in [0.717, 1.165) is 10.6 Å². The van der Waals surface area contributed by atoms with Crippen molar-refractivity contribution in [2.24, 2.45) is 5.73 Å². The summed E-state index contributed by atoms with van der Waals surface area (Å²) in [6.07, 6.45) is 6.40. The van der Waals surface area contributed by atoms with Gasteiger partial charge in [-0.05, 0) is 30.7 Å². The molecular formula is C24H25N7O3S2. The van der Waals surface area contributed by atoms with Gasteiger partial charge in [-0.1, -0.05) is 5.92 Å². The molecule has 2 aliphatic rings. The average molecular weight is 524 g/mol. The summed E-state index contributed by atoms with van der Waals surface area (Å²) in [5.41, 5.74) is 8.11. The number of aromatic nitrogens is 2. The van der Waals surface area contributed by atoms with Crippen molar-refractivity contribution in [3.05, 3.63) is 45.4 Å². The number of amides is 1. The van der Waals surface area contributed by atoms with Gasteiger partial charge in [0.25, 0.3) is 15.9 Å². The molecule has 0 bridgehead atoms. The number of terminal acetylenes is 1. The van der Waals surface area contributed by atoms with Crippen molar-refractivity contribution in [2.75, 3.05) is 19.6 Å². The van der Waals surface area contributed by atoms with E-state index in [-0.39, 0.29) is 43.2 Å². The Labute approximate surface area is 213 Å². The number of hydrogen-bond donors (Lipinski definition) is 3. The van der Waals surface area contributed by atoms with E-state index in [2.05, 4.69) is 27.3 Å². The number of nitriles is 1. The molecule has 2 unspecified atom stereocenters. The van der Waals surface area contributed by atoms with Crippen LogP contribution in [-0.2, 0) is 23.0 Å². The molecule has 12 heteroatoms. The van der Waals surface area contributed by atoms with Crippen LogP contribution >= 0.6 is 11.3 Å². The number of benzene rings is 1. The third kappa shape index (κ3) is 4.50. The number of H-pyrrole nitrogens is 1. The van der Waals surface area contributed by atoms with Crippen molar-refractivity contribution < 1.29 is 13.2 Å². The molecule has 0 aliphatic carbocycles. The standard InChI is InChI=1S/C24H25N7O3S2/c1-2-15-5-6-18-16(10-15)11-22(28-18)36(33,34)30-8-9-31(17(14-30)4-3-7-25)24(32)23-29-19-12-21(26)27-13-20(19)35-23/h1,5-6,10-11,17,21,27-28H,3-4,8-9,12-14,26H2. The predicted octanol–water partition coefficient (Wildman–Crippen LogP) is 1.36. The Balaban J connectivity index is 1.38.